The van der Waals surface area contributed by atoms with E-state index in [1.807, 2.05) is 0 Å². The highest BCUT2D eigenvalue weighted by Crippen LogP contribution is 2.32. The molecule has 2 rings (SSSR count). The minimum Gasteiger partial charge on any atom is -0.446 e. The van der Waals surface area contributed by atoms with Crippen LogP contribution in [-0.4, -0.2) is 23.8 Å². The van der Waals surface area contributed by atoms with Gasteiger partial charge in [0.05, 0.1) is 5.69 Å². The first-order valence-electron chi connectivity index (χ1n) is 7.06. The van der Waals surface area contributed by atoms with Gasteiger partial charge >= 0.3 is 0 Å². The van der Waals surface area contributed by atoms with Crippen LogP contribution in [0.5, 0.6) is 0 Å². The minimum atomic E-state index is -0.866. The van der Waals surface area contributed by atoms with Crippen LogP contribution in [-0.2, 0) is 9.59 Å². The summed E-state index contributed by atoms with van der Waals surface area (Å²) >= 11 is 0. The van der Waals surface area contributed by atoms with Crippen molar-refractivity contribution < 1.29 is 14.0 Å². The van der Waals surface area contributed by atoms with Gasteiger partial charge in [0.25, 0.3) is 5.91 Å². The van der Waals surface area contributed by atoms with E-state index in [-0.39, 0.29) is 17.7 Å². The first kappa shape index (κ1) is 14.6. The van der Waals surface area contributed by atoms with E-state index in [2.05, 4.69) is 15.6 Å². The first-order chi connectivity index (χ1) is 9.61. The Morgan fingerprint density at radius 1 is 1.35 bits per heavy atom. The second kappa shape index (κ2) is 6.54. The van der Waals surface area contributed by atoms with E-state index in [4.69, 9.17) is 4.42 Å². The number of amides is 2. The van der Waals surface area contributed by atoms with Crippen molar-refractivity contribution in [3.05, 3.63) is 17.8 Å². The van der Waals surface area contributed by atoms with Crippen LogP contribution in [0.3, 0.4) is 0 Å². The normalized spacial score (nSPS) is 17.5. The monoisotopic (exact) mass is 279 g/mol. The maximum Gasteiger partial charge on any atom is 0.252 e. The van der Waals surface area contributed by atoms with Gasteiger partial charge in [0.2, 0.25) is 11.8 Å². The predicted molar refractivity (Wildman–Crippen MR) is 73.0 cm³/mol. The number of carbonyl (C=O) groups excluding carboxylic acids is 2. The maximum absolute atomic E-state index is 11.8. The van der Waals surface area contributed by atoms with Gasteiger partial charge in [-0.1, -0.05) is 19.3 Å². The molecule has 0 spiro atoms. The predicted octanol–water partition coefficient (Wildman–Crippen LogP) is 1.65. The molecule has 1 aromatic rings. The van der Waals surface area contributed by atoms with Crippen LogP contribution in [0, 0.1) is 0 Å². The van der Waals surface area contributed by atoms with Crippen LogP contribution in [0.25, 0.3) is 0 Å². The Morgan fingerprint density at radius 3 is 2.65 bits per heavy atom. The third-order valence-corrected chi connectivity index (χ3v) is 3.67. The molecule has 2 N–H and O–H groups in total. The zero-order valence-electron chi connectivity index (χ0n) is 11.9. The molecule has 1 saturated carbocycles. The Hall–Kier alpha value is -1.85. The first-order valence-corrected chi connectivity index (χ1v) is 7.06. The number of nitrogens with one attached hydrogen (secondary N) is 2. The molecule has 0 bridgehead atoms. The number of oxazole rings is 1. The zero-order chi connectivity index (χ0) is 14.5. The summed E-state index contributed by atoms with van der Waals surface area (Å²) in [5.74, 6) is 0.0253. The van der Waals surface area contributed by atoms with Crippen molar-refractivity contribution in [2.75, 3.05) is 7.05 Å². The Balaban J connectivity index is 2.15. The van der Waals surface area contributed by atoms with Crippen LogP contribution in [0.2, 0.25) is 0 Å². The maximum atomic E-state index is 11.8. The quantitative estimate of drug-likeness (QED) is 0.877. The average Bonchev–Trinajstić information content (AvgIpc) is 2.94. The van der Waals surface area contributed by atoms with Gasteiger partial charge in [-0.25, -0.2) is 4.98 Å². The van der Waals surface area contributed by atoms with Crippen molar-refractivity contribution in [3.63, 3.8) is 0 Å². The Labute approximate surface area is 118 Å². The smallest absolute Gasteiger partial charge is 0.252 e. The van der Waals surface area contributed by atoms with Gasteiger partial charge in [-0.05, 0) is 12.8 Å². The minimum absolute atomic E-state index is 0.250. The topological polar surface area (TPSA) is 84.2 Å². The third kappa shape index (κ3) is 3.37. The summed E-state index contributed by atoms with van der Waals surface area (Å²) in [5.41, 5.74) is 0.888. The van der Waals surface area contributed by atoms with E-state index in [1.54, 1.807) is 6.26 Å². The molecular weight excluding hydrogens is 258 g/mol. The lowest BCUT2D eigenvalue weighted by Gasteiger charge is -2.18. The van der Waals surface area contributed by atoms with Crippen LogP contribution in [0.4, 0.5) is 0 Å². The van der Waals surface area contributed by atoms with Gasteiger partial charge in [0, 0.05) is 19.9 Å². The van der Waals surface area contributed by atoms with Gasteiger partial charge in [0.1, 0.15) is 6.26 Å². The van der Waals surface area contributed by atoms with E-state index >= 15 is 0 Å². The van der Waals surface area contributed by atoms with Crippen molar-refractivity contribution in [2.45, 2.75) is 51.0 Å². The van der Waals surface area contributed by atoms with E-state index < -0.39 is 6.04 Å². The molecule has 110 valence electrons. The van der Waals surface area contributed by atoms with Crippen LogP contribution in [0.1, 0.15) is 62.6 Å². The van der Waals surface area contributed by atoms with Gasteiger partial charge in [-0.3, -0.25) is 9.59 Å². The van der Waals surface area contributed by atoms with Crippen molar-refractivity contribution in [3.8, 4) is 0 Å². The molecule has 6 nitrogen and oxygen atoms in total. The molecule has 0 radical (unpaired) electrons. The van der Waals surface area contributed by atoms with E-state index in [1.165, 1.54) is 33.2 Å². The van der Waals surface area contributed by atoms with E-state index in [9.17, 15) is 9.59 Å². The number of rotatable bonds is 4. The fourth-order valence-electron chi connectivity index (χ4n) is 2.61. The lowest BCUT2D eigenvalue weighted by molar-refractivity contribution is -0.128. The molecule has 6 heteroatoms. The number of aromatic nitrogens is 1. The summed E-state index contributed by atoms with van der Waals surface area (Å²) < 4.78 is 5.42. The lowest BCUT2D eigenvalue weighted by atomic mass is 9.87. The molecule has 0 aromatic carbocycles. The highest BCUT2D eigenvalue weighted by atomic mass is 16.3. The van der Waals surface area contributed by atoms with Gasteiger partial charge in [-0.2, -0.15) is 0 Å². The number of hydrogen-bond acceptors (Lipinski definition) is 4. The van der Waals surface area contributed by atoms with Crippen molar-refractivity contribution in [2.24, 2.45) is 0 Å². The summed E-state index contributed by atoms with van der Waals surface area (Å²) in [7, 11) is 1.52. The largest absolute Gasteiger partial charge is 0.446 e. The zero-order valence-corrected chi connectivity index (χ0v) is 11.9. The second-order valence-electron chi connectivity index (χ2n) is 5.19. The molecule has 0 saturated heterocycles. The van der Waals surface area contributed by atoms with Gasteiger partial charge in [0.15, 0.2) is 6.04 Å². The molecule has 1 aromatic heterocycles. The molecule has 2 amide bonds. The molecule has 0 aliphatic heterocycles. The number of nitrogens with zero attached hydrogens (tertiary/aromatic N) is 1. The molecular formula is C14H21N3O3. The van der Waals surface area contributed by atoms with Gasteiger partial charge < -0.3 is 15.1 Å². The van der Waals surface area contributed by atoms with E-state index in [0.717, 1.165) is 18.5 Å². The summed E-state index contributed by atoms with van der Waals surface area (Å²) in [4.78, 5) is 27.4. The Bertz CT molecular complexity index is 478. The molecule has 1 unspecified atom stereocenters. The van der Waals surface area contributed by atoms with Crippen molar-refractivity contribution >= 4 is 11.8 Å². The Morgan fingerprint density at radius 2 is 2.05 bits per heavy atom. The van der Waals surface area contributed by atoms with E-state index in [0.29, 0.717) is 5.92 Å². The van der Waals surface area contributed by atoms with Crippen molar-refractivity contribution in [1.29, 1.82) is 0 Å². The summed E-state index contributed by atoms with van der Waals surface area (Å²) in [6, 6.07) is -0.866. The molecule has 1 aliphatic rings. The highest BCUT2D eigenvalue weighted by Gasteiger charge is 2.27. The van der Waals surface area contributed by atoms with Crippen LogP contribution >= 0.6 is 0 Å². The summed E-state index contributed by atoms with van der Waals surface area (Å²) in [6.07, 6.45) is 7.51. The molecule has 1 fully saturated rings. The fraction of sp³-hybridized carbons (Fsp3) is 0.643. The second-order valence-corrected chi connectivity index (χ2v) is 5.19. The summed E-state index contributed by atoms with van der Waals surface area (Å²) in [6.45, 7) is 1.36. The number of likely N-dealkylation sites (N-methyl/N-ethyl adjacent to an activating group) is 1. The third-order valence-electron chi connectivity index (χ3n) is 3.67. The highest BCUT2D eigenvalue weighted by molar-refractivity contribution is 5.86. The molecule has 1 atom stereocenters. The SMILES string of the molecule is CNC(=O)C(NC(C)=O)c1nc(C2CCCCC2)co1. The molecule has 20 heavy (non-hydrogen) atoms. The summed E-state index contributed by atoms with van der Waals surface area (Å²) in [5, 5.41) is 5.06. The van der Waals surface area contributed by atoms with Crippen molar-refractivity contribution in [1.82, 2.24) is 15.6 Å². The van der Waals surface area contributed by atoms with Gasteiger partial charge in [-0.15, -0.1) is 0 Å². The lowest BCUT2D eigenvalue weighted by Crippen LogP contribution is -2.38. The standard InChI is InChI=1S/C14H21N3O3/c1-9(18)16-12(13(19)15-2)14-17-11(8-20-14)10-6-4-3-5-7-10/h8,10,12H,3-7H2,1-2H3,(H,15,19)(H,16,18). The average molecular weight is 279 g/mol. The molecule has 1 heterocycles. The van der Waals surface area contributed by atoms with Crippen LogP contribution < -0.4 is 10.6 Å². The number of hydrogen-bond donors (Lipinski definition) is 2. The van der Waals surface area contributed by atoms with Crippen LogP contribution in [0.15, 0.2) is 10.7 Å². The Kier molecular flexibility index (Phi) is 4.76. The molecule has 1 aliphatic carbocycles. The fourth-order valence-corrected chi connectivity index (χ4v) is 2.61. The number of carbonyl (C=O) groups is 2.